The van der Waals surface area contributed by atoms with Crippen molar-refractivity contribution in [2.24, 2.45) is 5.92 Å². The Morgan fingerprint density at radius 2 is 2.05 bits per heavy atom. The first-order valence-corrected chi connectivity index (χ1v) is 7.94. The van der Waals surface area contributed by atoms with E-state index >= 15 is 0 Å². The van der Waals surface area contributed by atoms with E-state index in [2.05, 4.69) is 45.3 Å². The number of rotatable bonds is 3. The third-order valence-corrected chi connectivity index (χ3v) is 5.29. The minimum atomic E-state index is -0.192. The number of nitrogens with one attached hydrogen (secondary N) is 1. The highest BCUT2D eigenvalue weighted by molar-refractivity contribution is 9.10. The molecule has 1 N–H and O–H groups in total. The van der Waals surface area contributed by atoms with Crippen LogP contribution in [0.2, 0.25) is 0 Å². The molecule has 1 aromatic carbocycles. The SMILES string of the molecule is Cc1cc(C)c2nc(NC(=O)C(Br)C(C)C)sc2c1. The molecule has 1 amide bonds. The number of hydrogen-bond acceptors (Lipinski definition) is 3. The molecule has 0 spiro atoms. The van der Waals surface area contributed by atoms with Gasteiger partial charge in [0.05, 0.1) is 15.0 Å². The van der Waals surface area contributed by atoms with Crippen molar-refractivity contribution in [1.82, 2.24) is 4.98 Å². The van der Waals surface area contributed by atoms with Crippen molar-refractivity contribution in [3.05, 3.63) is 23.3 Å². The number of amides is 1. The fourth-order valence-corrected chi connectivity index (χ4v) is 3.06. The number of aryl methyl sites for hydroxylation is 2. The Hall–Kier alpha value is -0.940. The molecular weight excluding hydrogens is 324 g/mol. The van der Waals surface area contributed by atoms with Crippen LogP contribution < -0.4 is 5.32 Å². The predicted molar refractivity (Wildman–Crippen MR) is 85.3 cm³/mol. The lowest BCUT2D eigenvalue weighted by Gasteiger charge is -2.11. The first-order chi connectivity index (χ1) is 8.88. The van der Waals surface area contributed by atoms with Gasteiger partial charge in [0.1, 0.15) is 0 Å². The highest BCUT2D eigenvalue weighted by Crippen LogP contribution is 2.29. The van der Waals surface area contributed by atoms with Crippen LogP contribution in [0.15, 0.2) is 12.1 Å². The number of thiazole rings is 1. The quantitative estimate of drug-likeness (QED) is 0.847. The molecular formula is C14H17BrN2OS. The fourth-order valence-electron chi connectivity index (χ4n) is 1.90. The van der Waals surface area contributed by atoms with Crippen LogP contribution >= 0.6 is 27.3 Å². The summed E-state index contributed by atoms with van der Waals surface area (Å²) in [6, 6.07) is 4.21. The van der Waals surface area contributed by atoms with E-state index in [1.165, 1.54) is 16.9 Å². The zero-order valence-electron chi connectivity index (χ0n) is 11.5. The summed E-state index contributed by atoms with van der Waals surface area (Å²) in [6.45, 7) is 8.12. The average Bonchev–Trinajstić information content (AvgIpc) is 2.70. The minimum absolute atomic E-state index is 0.0385. The van der Waals surface area contributed by atoms with Crippen molar-refractivity contribution in [3.63, 3.8) is 0 Å². The lowest BCUT2D eigenvalue weighted by molar-refractivity contribution is -0.116. The second-order valence-electron chi connectivity index (χ2n) is 5.08. The number of aromatic nitrogens is 1. The largest absolute Gasteiger partial charge is 0.301 e. The van der Waals surface area contributed by atoms with Crippen molar-refractivity contribution in [2.45, 2.75) is 32.5 Å². The van der Waals surface area contributed by atoms with Gasteiger partial charge in [-0.3, -0.25) is 4.79 Å². The maximum Gasteiger partial charge on any atom is 0.240 e. The summed E-state index contributed by atoms with van der Waals surface area (Å²) >= 11 is 4.92. The van der Waals surface area contributed by atoms with Crippen molar-refractivity contribution in [3.8, 4) is 0 Å². The highest BCUT2D eigenvalue weighted by Gasteiger charge is 2.20. The number of carbonyl (C=O) groups is 1. The molecule has 0 saturated heterocycles. The van der Waals surface area contributed by atoms with Crippen LogP contribution in [-0.4, -0.2) is 15.7 Å². The first kappa shape index (κ1) is 14.5. The van der Waals surface area contributed by atoms with Gasteiger partial charge >= 0.3 is 0 Å². The number of fused-ring (bicyclic) bond motifs is 1. The van der Waals surface area contributed by atoms with Crippen LogP contribution in [0.1, 0.15) is 25.0 Å². The van der Waals surface area contributed by atoms with Crippen molar-refractivity contribution >= 4 is 48.5 Å². The van der Waals surface area contributed by atoms with Gasteiger partial charge in [-0.2, -0.15) is 0 Å². The van der Waals surface area contributed by atoms with Gasteiger partial charge in [-0.15, -0.1) is 0 Å². The molecule has 5 heteroatoms. The number of alkyl halides is 1. The van der Waals surface area contributed by atoms with Crippen LogP contribution in [-0.2, 0) is 4.79 Å². The Morgan fingerprint density at radius 1 is 1.37 bits per heavy atom. The van der Waals surface area contributed by atoms with Gasteiger partial charge in [0, 0.05) is 0 Å². The van der Waals surface area contributed by atoms with Gasteiger partial charge in [0.2, 0.25) is 5.91 Å². The summed E-state index contributed by atoms with van der Waals surface area (Å²) in [4.78, 5) is 16.3. The molecule has 1 atom stereocenters. The van der Waals surface area contributed by atoms with E-state index in [-0.39, 0.29) is 16.7 Å². The molecule has 3 nitrogen and oxygen atoms in total. The molecule has 0 aliphatic carbocycles. The van der Waals surface area contributed by atoms with Gasteiger partial charge in [-0.1, -0.05) is 47.2 Å². The maximum absolute atomic E-state index is 12.0. The normalized spacial score (nSPS) is 12.9. The number of carbonyl (C=O) groups excluding carboxylic acids is 1. The molecule has 0 fully saturated rings. The fraction of sp³-hybridized carbons (Fsp3) is 0.429. The first-order valence-electron chi connectivity index (χ1n) is 6.21. The number of halogens is 1. The second-order valence-corrected chi connectivity index (χ2v) is 7.10. The Balaban J connectivity index is 2.27. The lowest BCUT2D eigenvalue weighted by atomic mass is 10.1. The molecule has 0 aliphatic rings. The van der Waals surface area contributed by atoms with Crippen LogP contribution in [0, 0.1) is 19.8 Å². The van der Waals surface area contributed by atoms with E-state index in [0.29, 0.717) is 5.13 Å². The summed E-state index contributed by atoms with van der Waals surface area (Å²) in [5.41, 5.74) is 3.33. The number of benzene rings is 1. The van der Waals surface area contributed by atoms with Gasteiger partial charge in [0.15, 0.2) is 5.13 Å². The summed E-state index contributed by atoms with van der Waals surface area (Å²) in [7, 11) is 0. The van der Waals surface area contributed by atoms with Crippen LogP contribution in [0.5, 0.6) is 0 Å². The van der Waals surface area contributed by atoms with Crippen LogP contribution in [0.25, 0.3) is 10.2 Å². The molecule has 0 saturated carbocycles. The van der Waals surface area contributed by atoms with Crippen molar-refractivity contribution in [1.29, 1.82) is 0 Å². The van der Waals surface area contributed by atoms with Gasteiger partial charge in [-0.25, -0.2) is 4.98 Å². The number of nitrogens with zero attached hydrogens (tertiary/aromatic N) is 1. The molecule has 0 radical (unpaired) electrons. The second kappa shape index (κ2) is 5.59. The van der Waals surface area contributed by atoms with Gasteiger partial charge in [0.25, 0.3) is 0 Å². The van der Waals surface area contributed by atoms with Gasteiger partial charge in [-0.05, 0) is 37.0 Å². The van der Waals surface area contributed by atoms with Crippen molar-refractivity contribution in [2.75, 3.05) is 5.32 Å². The zero-order chi connectivity index (χ0) is 14.2. The van der Waals surface area contributed by atoms with Crippen LogP contribution in [0.3, 0.4) is 0 Å². The third kappa shape index (κ3) is 3.15. The van der Waals surface area contributed by atoms with E-state index in [4.69, 9.17) is 0 Å². The van der Waals surface area contributed by atoms with Gasteiger partial charge < -0.3 is 5.32 Å². The Morgan fingerprint density at radius 3 is 2.68 bits per heavy atom. The van der Waals surface area contributed by atoms with Crippen LogP contribution in [0.4, 0.5) is 5.13 Å². The van der Waals surface area contributed by atoms with E-state index in [0.717, 1.165) is 15.8 Å². The standard InChI is InChI=1S/C14H17BrN2OS/c1-7(2)11(15)13(18)17-14-16-12-9(4)5-8(3)6-10(12)19-14/h5-7,11H,1-4H3,(H,16,17,18). The maximum atomic E-state index is 12.0. The highest BCUT2D eigenvalue weighted by atomic mass is 79.9. The monoisotopic (exact) mass is 340 g/mol. The Kier molecular flexibility index (Phi) is 4.26. The molecule has 0 bridgehead atoms. The summed E-state index contributed by atoms with van der Waals surface area (Å²) in [5, 5.41) is 3.55. The summed E-state index contributed by atoms with van der Waals surface area (Å²) < 4.78 is 1.11. The molecule has 1 aromatic heterocycles. The number of anilines is 1. The molecule has 1 heterocycles. The molecule has 19 heavy (non-hydrogen) atoms. The topological polar surface area (TPSA) is 42.0 Å². The molecule has 2 aromatic rings. The Labute approximate surface area is 125 Å². The predicted octanol–water partition coefficient (Wildman–Crippen LogP) is 4.27. The third-order valence-electron chi connectivity index (χ3n) is 2.90. The van der Waals surface area contributed by atoms with Crippen molar-refractivity contribution < 1.29 is 4.79 Å². The molecule has 102 valence electrons. The molecule has 1 unspecified atom stereocenters. The van der Waals surface area contributed by atoms with E-state index in [1.807, 2.05) is 20.8 Å². The van der Waals surface area contributed by atoms with E-state index in [1.54, 1.807) is 0 Å². The smallest absolute Gasteiger partial charge is 0.240 e. The minimum Gasteiger partial charge on any atom is -0.301 e. The lowest BCUT2D eigenvalue weighted by Crippen LogP contribution is -2.26. The number of hydrogen-bond donors (Lipinski definition) is 1. The average molecular weight is 341 g/mol. The Bertz CT molecular complexity index is 621. The molecule has 2 rings (SSSR count). The van der Waals surface area contributed by atoms with E-state index in [9.17, 15) is 4.79 Å². The summed E-state index contributed by atoms with van der Waals surface area (Å²) in [6.07, 6.45) is 0. The van der Waals surface area contributed by atoms with E-state index < -0.39 is 0 Å². The summed E-state index contributed by atoms with van der Waals surface area (Å²) in [5.74, 6) is 0.210. The zero-order valence-corrected chi connectivity index (χ0v) is 13.9. The molecule has 0 aliphatic heterocycles.